The second-order valence-corrected chi connectivity index (χ2v) is 4.66. The average molecular weight is 403 g/mol. The minimum Gasteiger partial charge on any atom is -0.452 e. The van der Waals surface area contributed by atoms with Crippen LogP contribution >= 0.6 is 57.4 Å². The maximum absolute atomic E-state index is 11.5. The van der Waals surface area contributed by atoms with E-state index in [1.165, 1.54) is 0 Å². The van der Waals surface area contributed by atoms with E-state index in [1.54, 1.807) is 12.1 Å². The molecule has 6 heteroatoms. The number of ether oxygens (including phenoxy) is 1. The molecule has 2 nitrogen and oxygen atoms in total. The summed E-state index contributed by atoms with van der Waals surface area (Å²) in [5.74, 6) is 2.16. The zero-order chi connectivity index (χ0) is 12.8. The molecule has 0 saturated heterocycles. The Morgan fingerprint density at radius 2 is 1.94 bits per heavy atom. The largest absolute Gasteiger partial charge is 0.452 e. The van der Waals surface area contributed by atoms with Gasteiger partial charge < -0.3 is 4.74 Å². The first kappa shape index (κ1) is 14.9. The van der Waals surface area contributed by atoms with Crippen LogP contribution in [-0.2, 0) is 16.0 Å². The quantitative estimate of drug-likeness (QED) is 0.328. The van der Waals surface area contributed by atoms with E-state index in [0.29, 0.717) is 15.6 Å². The topological polar surface area (TPSA) is 26.3 Å². The van der Waals surface area contributed by atoms with Crippen LogP contribution < -0.4 is 0 Å². The van der Waals surface area contributed by atoms with Gasteiger partial charge in [-0.05, 0) is 16.1 Å². The third kappa shape index (κ3) is 4.55. The monoisotopic (exact) mass is 402 g/mol. The molecule has 1 aromatic rings. The molecule has 0 aliphatic rings. The van der Waals surface area contributed by atoms with Gasteiger partial charge in [0.2, 0.25) is 0 Å². The fourth-order valence-electron chi connectivity index (χ4n) is 1.07. The minimum absolute atomic E-state index is 0.0266. The highest BCUT2D eigenvalue weighted by molar-refractivity contribution is 14.1. The fourth-order valence-corrected chi connectivity index (χ4v) is 1.91. The number of carbonyl (C=O) groups is 1. The molecule has 17 heavy (non-hydrogen) atoms. The van der Waals surface area contributed by atoms with Crippen LogP contribution in [0.1, 0.15) is 5.56 Å². The molecular formula is C11H6Cl3IO2. The Labute approximate surface area is 128 Å². The third-order valence-electron chi connectivity index (χ3n) is 1.83. The summed E-state index contributed by atoms with van der Waals surface area (Å²) in [6.45, 7) is 0.0532. The average Bonchev–Trinajstić information content (AvgIpc) is 2.30. The molecule has 0 atom stereocenters. The van der Waals surface area contributed by atoms with Crippen molar-refractivity contribution in [1.82, 2.24) is 0 Å². The van der Waals surface area contributed by atoms with E-state index >= 15 is 0 Å². The zero-order valence-electron chi connectivity index (χ0n) is 8.40. The molecular weight excluding hydrogens is 397 g/mol. The van der Waals surface area contributed by atoms with Crippen molar-refractivity contribution in [2.24, 2.45) is 0 Å². The van der Waals surface area contributed by atoms with Crippen molar-refractivity contribution in [3.05, 3.63) is 32.8 Å². The Morgan fingerprint density at radius 1 is 1.29 bits per heavy atom. The van der Waals surface area contributed by atoms with Crippen molar-refractivity contribution in [3.8, 4) is 9.85 Å². The number of hydrogen-bond acceptors (Lipinski definition) is 2. The van der Waals surface area contributed by atoms with Gasteiger partial charge in [-0.15, -0.1) is 0 Å². The standard InChI is InChI=1S/C11H6Cl3IO2/c12-8-2-3-9(13)11(14)7(8)6-10(16)17-5-1-4-15/h2-3H,5-6H2. The Balaban J connectivity index is 2.76. The number of halogens is 4. The highest BCUT2D eigenvalue weighted by atomic mass is 127. The molecule has 0 N–H and O–H groups in total. The Kier molecular flexibility index (Phi) is 6.42. The summed E-state index contributed by atoms with van der Waals surface area (Å²) in [5.41, 5.74) is 0.466. The molecule has 0 bridgehead atoms. The van der Waals surface area contributed by atoms with Crippen LogP contribution in [-0.4, -0.2) is 12.6 Å². The van der Waals surface area contributed by atoms with Gasteiger partial charge in [0, 0.05) is 33.2 Å². The summed E-state index contributed by atoms with van der Waals surface area (Å²) in [5, 5.41) is 1.01. The normalized spacial score (nSPS) is 9.41. The van der Waals surface area contributed by atoms with Crippen LogP contribution in [0.4, 0.5) is 0 Å². The molecule has 0 aliphatic carbocycles. The molecule has 90 valence electrons. The van der Waals surface area contributed by atoms with Gasteiger partial charge in [-0.25, -0.2) is 0 Å². The molecule has 0 aromatic heterocycles. The van der Waals surface area contributed by atoms with Gasteiger partial charge in [-0.1, -0.05) is 40.7 Å². The summed E-state index contributed by atoms with van der Waals surface area (Å²) in [6, 6.07) is 3.16. The van der Waals surface area contributed by atoms with Crippen LogP contribution in [0.25, 0.3) is 0 Å². The molecule has 0 unspecified atom stereocenters. The highest BCUT2D eigenvalue weighted by Crippen LogP contribution is 2.31. The van der Waals surface area contributed by atoms with Gasteiger partial charge in [-0.2, -0.15) is 0 Å². The van der Waals surface area contributed by atoms with E-state index in [0.717, 1.165) is 0 Å². The first-order valence-electron chi connectivity index (χ1n) is 4.42. The SMILES string of the molecule is O=C(Cc1c(Cl)ccc(Cl)c1Cl)OCC#CI. The lowest BCUT2D eigenvalue weighted by Crippen LogP contribution is -2.09. The molecule has 0 fully saturated rings. The first-order valence-corrected chi connectivity index (χ1v) is 6.64. The van der Waals surface area contributed by atoms with E-state index in [-0.39, 0.29) is 18.1 Å². The smallest absolute Gasteiger partial charge is 0.311 e. The van der Waals surface area contributed by atoms with Gasteiger partial charge in [0.25, 0.3) is 0 Å². The van der Waals surface area contributed by atoms with Crippen molar-refractivity contribution in [2.45, 2.75) is 6.42 Å². The summed E-state index contributed by atoms with van der Waals surface area (Å²) >= 11 is 19.6. The lowest BCUT2D eigenvalue weighted by atomic mass is 10.1. The van der Waals surface area contributed by atoms with E-state index in [2.05, 4.69) is 9.85 Å². The van der Waals surface area contributed by atoms with Crippen molar-refractivity contribution >= 4 is 63.4 Å². The maximum atomic E-state index is 11.5. The predicted molar refractivity (Wildman–Crippen MR) is 77.9 cm³/mol. The van der Waals surface area contributed by atoms with Crippen LogP contribution in [0.2, 0.25) is 15.1 Å². The molecule has 0 amide bonds. The van der Waals surface area contributed by atoms with Gasteiger partial charge in [0.15, 0.2) is 6.61 Å². The Hall–Kier alpha value is -0.150. The second-order valence-electron chi connectivity index (χ2n) is 2.93. The van der Waals surface area contributed by atoms with Crippen molar-refractivity contribution in [2.75, 3.05) is 6.61 Å². The van der Waals surface area contributed by atoms with E-state index in [9.17, 15) is 4.79 Å². The Morgan fingerprint density at radius 3 is 2.59 bits per heavy atom. The van der Waals surface area contributed by atoms with Gasteiger partial charge in [-0.3, -0.25) is 4.79 Å². The van der Waals surface area contributed by atoms with Crippen molar-refractivity contribution in [3.63, 3.8) is 0 Å². The molecule has 0 radical (unpaired) electrons. The van der Waals surface area contributed by atoms with E-state index in [1.807, 2.05) is 22.6 Å². The first-order chi connectivity index (χ1) is 8.06. The highest BCUT2D eigenvalue weighted by Gasteiger charge is 2.14. The zero-order valence-corrected chi connectivity index (χ0v) is 12.8. The van der Waals surface area contributed by atoms with E-state index in [4.69, 9.17) is 39.5 Å². The van der Waals surface area contributed by atoms with Crippen LogP contribution in [0, 0.1) is 9.85 Å². The number of benzene rings is 1. The van der Waals surface area contributed by atoms with Gasteiger partial charge in [0.1, 0.15) is 0 Å². The summed E-state index contributed by atoms with van der Waals surface area (Å²) in [6.07, 6.45) is -0.0266. The van der Waals surface area contributed by atoms with Crippen molar-refractivity contribution < 1.29 is 9.53 Å². The minimum atomic E-state index is -0.449. The molecule has 1 aromatic carbocycles. The van der Waals surface area contributed by atoms with Crippen molar-refractivity contribution in [1.29, 1.82) is 0 Å². The molecule has 0 aliphatic heterocycles. The number of carbonyl (C=O) groups excluding carboxylic acids is 1. The molecule has 0 saturated carbocycles. The van der Waals surface area contributed by atoms with Gasteiger partial charge >= 0.3 is 5.97 Å². The fraction of sp³-hybridized carbons (Fsp3) is 0.182. The molecule has 1 rings (SSSR count). The van der Waals surface area contributed by atoms with Crippen LogP contribution in [0.5, 0.6) is 0 Å². The summed E-state index contributed by atoms with van der Waals surface area (Å²) in [7, 11) is 0. The number of esters is 1. The summed E-state index contributed by atoms with van der Waals surface area (Å²) in [4.78, 5) is 11.5. The predicted octanol–water partition coefficient (Wildman–Crippen LogP) is 4.13. The van der Waals surface area contributed by atoms with E-state index < -0.39 is 5.97 Å². The second kappa shape index (κ2) is 7.32. The lowest BCUT2D eigenvalue weighted by Gasteiger charge is -2.07. The van der Waals surface area contributed by atoms with Crippen LogP contribution in [0.3, 0.4) is 0 Å². The summed E-state index contributed by atoms with van der Waals surface area (Å²) < 4.78 is 7.45. The maximum Gasteiger partial charge on any atom is 0.311 e. The molecule has 0 spiro atoms. The number of rotatable bonds is 3. The lowest BCUT2D eigenvalue weighted by molar-refractivity contribution is -0.141. The number of hydrogen-bond donors (Lipinski definition) is 0. The van der Waals surface area contributed by atoms with Gasteiger partial charge in [0.05, 0.1) is 16.5 Å². The van der Waals surface area contributed by atoms with Crippen LogP contribution in [0.15, 0.2) is 12.1 Å². The Bertz CT molecular complexity index is 491. The third-order valence-corrected chi connectivity index (χ3v) is 3.41. The molecule has 0 heterocycles.